The summed E-state index contributed by atoms with van der Waals surface area (Å²) < 4.78 is 26.2. The van der Waals surface area contributed by atoms with Gasteiger partial charge in [0.25, 0.3) is 5.91 Å². The average Bonchev–Trinajstić information content (AvgIpc) is 2.99. The summed E-state index contributed by atoms with van der Waals surface area (Å²) in [5.41, 5.74) is 0.422. The molecule has 0 aliphatic rings. The molecule has 1 unspecified atom stereocenters. The molecule has 7 heteroatoms. The second kappa shape index (κ2) is 7.42. The Kier molecular flexibility index (Phi) is 5.57. The molecule has 0 saturated heterocycles. The van der Waals surface area contributed by atoms with Gasteiger partial charge in [-0.25, -0.2) is 13.8 Å². The predicted octanol–water partition coefficient (Wildman–Crippen LogP) is 2.98. The molecule has 2 rings (SSSR count). The maximum atomic E-state index is 13.2. The van der Waals surface area contributed by atoms with E-state index >= 15 is 0 Å². The minimum Gasteiger partial charge on any atom is -0.396 e. The lowest BCUT2D eigenvalue weighted by Gasteiger charge is -2.14. The van der Waals surface area contributed by atoms with Gasteiger partial charge < -0.3 is 10.4 Å². The van der Waals surface area contributed by atoms with Gasteiger partial charge in [0, 0.05) is 18.2 Å². The fourth-order valence-corrected chi connectivity index (χ4v) is 2.75. The summed E-state index contributed by atoms with van der Waals surface area (Å²) in [7, 11) is 0. The summed E-state index contributed by atoms with van der Waals surface area (Å²) in [4.78, 5) is 16.6. The smallest absolute Gasteiger partial charge is 0.263 e. The van der Waals surface area contributed by atoms with E-state index in [9.17, 15) is 13.6 Å². The number of carbonyl (C=O) groups is 1. The number of benzene rings is 1. The molecule has 0 aliphatic heterocycles. The normalized spacial score (nSPS) is 12.2. The monoisotopic (exact) mass is 326 g/mol. The molecule has 0 spiro atoms. The Hall–Kier alpha value is -1.86. The number of thiazole rings is 1. The van der Waals surface area contributed by atoms with Gasteiger partial charge in [-0.1, -0.05) is 6.92 Å². The highest BCUT2D eigenvalue weighted by molar-refractivity contribution is 7.16. The van der Waals surface area contributed by atoms with E-state index in [1.807, 2.05) is 6.92 Å². The lowest BCUT2D eigenvalue weighted by Crippen LogP contribution is -2.34. The van der Waals surface area contributed by atoms with Crippen molar-refractivity contribution in [3.8, 4) is 10.6 Å². The SMILES string of the molecule is CCC(CCO)NC(=O)c1cnc(-c2ccc(F)c(F)c2)s1. The van der Waals surface area contributed by atoms with Crippen molar-refractivity contribution < 1.29 is 18.7 Å². The summed E-state index contributed by atoms with van der Waals surface area (Å²) in [6, 6.07) is 3.39. The average molecular weight is 326 g/mol. The van der Waals surface area contributed by atoms with E-state index in [1.165, 1.54) is 12.3 Å². The highest BCUT2D eigenvalue weighted by Gasteiger charge is 2.16. The topological polar surface area (TPSA) is 62.2 Å². The second-order valence-corrected chi connectivity index (χ2v) is 5.78. The first-order chi connectivity index (χ1) is 10.5. The first-order valence-electron chi connectivity index (χ1n) is 6.88. The zero-order valence-electron chi connectivity index (χ0n) is 12.0. The number of nitrogens with one attached hydrogen (secondary N) is 1. The van der Waals surface area contributed by atoms with Gasteiger partial charge in [0.15, 0.2) is 11.6 Å². The molecule has 0 aliphatic carbocycles. The van der Waals surface area contributed by atoms with E-state index in [-0.39, 0.29) is 18.6 Å². The van der Waals surface area contributed by atoms with Crippen LogP contribution >= 0.6 is 11.3 Å². The lowest BCUT2D eigenvalue weighted by molar-refractivity contribution is 0.0933. The van der Waals surface area contributed by atoms with Crippen LogP contribution in [0.1, 0.15) is 29.4 Å². The third kappa shape index (κ3) is 3.86. The maximum absolute atomic E-state index is 13.2. The first kappa shape index (κ1) is 16.5. The van der Waals surface area contributed by atoms with Crippen molar-refractivity contribution in [3.05, 3.63) is 40.9 Å². The molecule has 0 fully saturated rings. The van der Waals surface area contributed by atoms with Gasteiger partial charge in [-0.3, -0.25) is 4.79 Å². The number of nitrogens with zero attached hydrogens (tertiary/aromatic N) is 1. The molecule has 118 valence electrons. The molecule has 1 aromatic heterocycles. The molecule has 0 bridgehead atoms. The molecule has 1 amide bonds. The minimum atomic E-state index is -0.951. The highest BCUT2D eigenvalue weighted by atomic mass is 32.1. The molecule has 1 heterocycles. The van der Waals surface area contributed by atoms with E-state index in [1.54, 1.807) is 0 Å². The van der Waals surface area contributed by atoms with Crippen LogP contribution in [0.3, 0.4) is 0 Å². The summed E-state index contributed by atoms with van der Waals surface area (Å²) in [5, 5.41) is 12.2. The molecule has 1 aromatic carbocycles. The quantitative estimate of drug-likeness (QED) is 0.858. The van der Waals surface area contributed by atoms with E-state index in [0.29, 0.717) is 28.3 Å². The number of aromatic nitrogens is 1. The Morgan fingerprint density at radius 1 is 1.41 bits per heavy atom. The van der Waals surface area contributed by atoms with Crippen LogP contribution in [0.5, 0.6) is 0 Å². The van der Waals surface area contributed by atoms with Gasteiger partial charge in [-0.15, -0.1) is 11.3 Å². The standard InChI is InChI=1S/C15H16F2N2O2S/c1-2-10(5-6-20)19-14(21)13-8-18-15(22-13)9-3-4-11(16)12(17)7-9/h3-4,7-8,10,20H,2,5-6H2,1H3,(H,19,21). The van der Waals surface area contributed by atoms with Crippen LogP contribution in [0.2, 0.25) is 0 Å². The molecule has 0 saturated carbocycles. The number of aliphatic hydroxyl groups excluding tert-OH is 1. The first-order valence-corrected chi connectivity index (χ1v) is 7.69. The molecule has 0 radical (unpaired) electrons. The number of carbonyl (C=O) groups excluding carboxylic acids is 1. The fourth-order valence-electron chi connectivity index (χ4n) is 1.93. The highest BCUT2D eigenvalue weighted by Crippen LogP contribution is 2.26. The number of hydrogen-bond donors (Lipinski definition) is 2. The van der Waals surface area contributed by atoms with Gasteiger partial charge in [0.2, 0.25) is 0 Å². The Balaban J connectivity index is 2.13. The minimum absolute atomic E-state index is 0.00157. The molecule has 1 atom stereocenters. The summed E-state index contributed by atoms with van der Waals surface area (Å²) in [5.74, 6) is -2.16. The van der Waals surface area contributed by atoms with Crippen LogP contribution in [0.4, 0.5) is 8.78 Å². The third-order valence-electron chi connectivity index (χ3n) is 3.20. The van der Waals surface area contributed by atoms with Gasteiger partial charge >= 0.3 is 0 Å². The largest absolute Gasteiger partial charge is 0.396 e. The van der Waals surface area contributed by atoms with Crippen LogP contribution in [-0.4, -0.2) is 28.6 Å². The van der Waals surface area contributed by atoms with Gasteiger partial charge in [-0.05, 0) is 31.0 Å². The molecule has 2 N–H and O–H groups in total. The van der Waals surface area contributed by atoms with Gasteiger partial charge in [-0.2, -0.15) is 0 Å². The van der Waals surface area contributed by atoms with Crippen molar-refractivity contribution in [3.63, 3.8) is 0 Å². The zero-order valence-corrected chi connectivity index (χ0v) is 12.8. The summed E-state index contributed by atoms with van der Waals surface area (Å²) in [6.45, 7) is 1.92. The van der Waals surface area contributed by atoms with Crippen LogP contribution in [-0.2, 0) is 0 Å². The predicted molar refractivity (Wildman–Crippen MR) is 80.7 cm³/mol. The van der Waals surface area contributed by atoms with Crippen LogP contribution < -0.4 is 5.32 Å². The number of amides is 1. The van der Waals surface area contributed by atoms with Crippen molar-refractivity contribution in [2.75, 3.05) is 6.61 Å². The van der Waals surface area contributed by atoms with E-state index in [2.05, 4.69) is 10.3 Å². The molecule has 4 nitrogen and oxygen atoms in total. The van der Waals surface area contributed by atoms with Crippen molar-refractivity contribution in [2.24, 2.45) is 0 Å². The van der Waals surface area contributed by atoms with Gasteiger partial charge in [0.05, 0.1) is 6.20 Å². The number of halogens is 2. The van der Waals surface area contributed by atoms with Crippen molar-refractivity contribution in [2.45, 2.75) is 25.8 Å². The maximum Gasteiger partial charge on any atom is 0.263 e. The third-order valence-corrected chi connectivity index (χ3v) is 4.25. The number of hydrogen-bond acceptors (Lipinski definition) is 4. The van der Waals surface area contributed by atoms with E-state index in [4.69, 9.17) is 5.11 Å². The molecular weight excluding hydrogens is 310 g/mol. The van der Waals surface area contributed by atoms with E-state index < -0.39 is 11.6 Å². The van der Waals surface area contributed by atoms with Crippen LogP contribution in [0.25, 0.3) is 10.6 Å². The fraction of sp³-hybridized carbons (Fsp3) is 0.333. The Bertz CT molecular complexity index is 661. The Morgan fingerprint density at radius 2 is 2.18 bits per heavy atom. The lowest BCUT2D eigenvalue weighted by atomic mass is 10.1. The summed E-state index contributed by atoms with van der Waals surface area (Å²) >= 11 is 1.10. The Morgan fingerprint density at radius 3 is 2.82 bits per heavy atom. The molecule has 2 aromatic rings. The van der Waals surface area contributed by atoms with Crippen molar-refractivity contribution in [1.82, 2.24) is 10.3 Å². The van der Waals surface area contributed by atoms with Crippen LogP contribution in [0, 0.1) is 11.6 Å². The number of rotatable bonds is 6. The molecule has 22 heavy (non-hydrogen) atoms. The molecular formula is C15H16F2N2O2S. The van der Waals surface area contributed by atoms with Crippen molar-refractivity contribution in [1.29, 1.82) is 0 Å². The number of aliphatic hydroxyl groups is 1. The van der Waals surface area contributed by atoms with E-state index in [0.717, 1.165) is 23.5 Å². The van der Waals surface area contributed by atoms with Crippen molar-refractivity contribution >= 4 is 17.2 Å². The van der Waals surface area contributed by atoms with Crippen LogP contribution in [0.15, 0.2) is 24.4 Å². The summed E-state index contributed by atoms with van der Waals surface area (Å²) in [6.07, 6.45) is 2.60. The Labute approximate surface area is 130 Å². The zero-order chi connectivity index (χ0) is 16.1. The second-order valence-electron chi connectivity index (χ2n) is 4.75. The van der Waals surface area contributed by atoms with Gasteiger partial charge in [0.1, 0.15) is 9.88 Å².